The first-order chi connectivity index (χ1) is 9.13. The lowest BCUT2D eigenvalue weighted by Crippen LogP contribution is -2.14. The van der Waals surface area contributed by atoms with E-state index in [1.807, 2.05) is 31.2 Å². The second kappa shape index (κ2) is 5.69. The van der Waals surface area contributed by atoms with Gasteiger partial charge in [0.15, 0.2) is 0 Å². The highest BCUT2D eigenvalue weighted by Crippen LogP contribution is 2.26. The summed E-state index contributed by atoms with van der Waals surface area (Å²) in [7, 11) is 0. The average molecular weight is 258 g/mol. The van der Waals surface area contributed by atoms with E-state index in [4.69, 9.17) is 4.74 Å². The van der Waals surface area contributed by atoms with Gasteiger partial charge in [0, 0.05) is 11.3 Å². The number of aromatic nitrogens is 2. The van der Waals surface area contributed by atoms with Gasteiger partial charge >= 0.3 is 0 Å². The van der Waals surface area contributed by atoms with Crippen molar-refractivity contribution < 1.29 is 4.74 Å². The Morgan fingerprint density at radius 1 is 1.26 bits per heavy atom. The van der Waals surface area contributed by atoms with Crippen LogP contribution in [0.2, 0.25) is 0 Å². The fourth-order valence-electron chi connectivity index (χ4n) is 1.77. The Balaban J connectivity index is 2.50. The molecule has 0 aliphatic heterocycles. The molecule has 4 heteroatoms. The summed E-state index contributed by atoms with van der Waals surface area (Å²) in [6.07, 6.45) is 0.936. The van der Waals surface area contributed by atoms with Gasteiger partial charge in [-0.1, -0.05) is 19.1 Å². The van der Waals surface area contributed by atoms with Gasteiger partial charge < -0.3 is 9.72 Å². The van der Waals surface area contributed by atoms with Gasteiger partial charge in [-0.3, -0.25) is 4.79 Å². The molecule has 2 aromatic rings. The summed E-state index contributed by atoms with van der Waals surface area (Å²) in [6, 6.07) is 7.61. The molecule has 0 unspecified atom stereocenters. The minimum Gasteiger partial charge on any atom is -0.493 e. The summed E-state index contributed by atoms with van der Waals surface area (Å²) >= 11 is 0. The van der Waals surface area contributed by atoms with E-state index in [1.165, 1.54) is 0 Å². The number of rotatable bonds is 4. The van der Waals surface area contributed by atoms with E-state index < -0.39 is 0 Å². The number of hydrogen-bond donors (Lipinski definition) is 1. The number of aryl methyl sites for hydroxylation is 1. The second-order valence-corrected chi connectivity index (χ2v) is 4.47. The van der Waals surface area contributed by atoms with Gasteiger partial charge in [0.25, 0.3) is 5.56 Å². The van der Waals surface area contributed by atoms with Gasteiger partial charge in [-0.05, 0) is 32.4 Å². The van der Waals surface area contributed by atoms with Crippen LogP contribution in [-0.2, 0) is 0 Å². The molecule has 0 fully saturated rings. The first kappa shape index (κ1) is 13.3. The molecule has 1 aromatic heterocycles. The van der Waals surface area contributed by atoms with Crippen LogP contribution in [0.15, 0.2) is 29.1 Å². The molecule has 19 heavy (non-hydrogen) atoms. The van der Waals surface area contributed by atoms with Gasteiger partial charge in [0.05, 0.1) is 12.2 Å². The topological polar surface area (TPSA) is 55.0 Å². The predicted molar refractivity (Wildman–Crippen MR) is 75.6 cm³/mol. The number of benzene rings is 1. The van der Waals surface area contributed by atoms with Crippen molar-refractivity contribution in [3.05, 3.63) is 45.9 Å². The highest BCUT2D eigenvalue weighted by atomic mass is 16.5. The highest BCUT2D eigenvalue weighted by molar-refractivity contribution is 5.64. The van der Waals surface area contributed by atoms with Crippen LogP contribution >= 0.6 is 0 Å². The average Bonchev–Trinajstić information content (AvgIpc) is 2.42. The molecule has 0 spiro atoms. The fraction of sp³-hybridized carbons (Fsp3) is 0.333. The SMILES string of the molecule is CCCOc1ccccc1-c1nc(C)c(C)c(=O)[nH]1. The lowest BCUT2D eigenvalue weighted by molar-refractivity contribution is 0.318. The Labute approximate surface area is 112 Å². The van der Waals surface area contributed by atoms with Gasteiger partial charge in [0.1, 0.15) is 11.6 Å². The number of ether oxygens (including phenoxy) is 1. The number of hydrogen-bond acceptors (Lipinski definition) is 3. The molecule has 1 heterocycles. The molecule has 0 aliphatic rings. The number of aromatic amines is 1. The van der Waals surface area contributed by atoms with Crippen LogP contribution in [0, 0.1) is 13.8 Å². The third-order valence-electron chi connectivity index (χ3n) is 3.00. The van der Waals surface area contributed by atoms with E-state index in [-0.39, 0.29) is 5.56 Å². The molecular weight excluding hydrogens is 240 g/mol. The van der Waals surface area contributed by atoms with Crippen molar-refractivity contribution in [1.82, 2.24) is 9.97 Å². The van der Waals surface area contributed by atoms with E-state index in [1.54, 1.807) is 6.92 Å². The molecule has 0 radical (unpaired) electrons. The van der Waals surface area contributed by atoms with E-state index in [0.29, 0.717) is 18.0 Å². The summed E-state index contributed by atoms with van der Waals surface area (Å²) in [5.74, 6) is 1.30. The van der Waals surface area contributed by atoms with Crippen LogP contribution in [0.4, 0.5) is 0 Å². The minimum absolute atomic E-state index is 0.104. The number of H-pyrrole nitrogens is 1. The maximum absolute atomic E-state index is 11.8. The molecule has 2 rings (SSSR count). The summed E-state index contributed by atoms with van der Waals surface area (Å²) in [5.41, 5.74) is 2.10. The molecule has 1 N–H and O–H groups in total. The Morgan fingerprint density at radius 3 is 2.68 bits per heavy atom. The van der Waals surface area contributed by atoms with Crippen molar-refractivity contribution >= 4 is 0 Å². The zero-order chi connectivity index (χ0) is 13.8. The summed E-state index contributed by atoms with van der Waals surface area (Å²) in [5, 5.41) is 0. The summed E-state index contributed by atoms with van der Waals surface area (Å²) in [6.45, 7) is 6.30. The van der Waals surface area contributed by atoms with Gasteiger partial charge in [-0.2, -0.15) is 0 Å². The third kappa shape index (κ3) is 2.84. The monoisotopic (exact) mass is 258 g/mol. The van der Waals surface area contributed by atoms with Gasteiger partial charge in [-0.15, -0.1) is 0 Å². The molecule has 4 nitrogen and oxygen atoms in total. The Hall–Kier alpha value is -2.10. The van der Waals surface area contributed by atoms with Crippen LogP contribution in [-0.4, -0.2) is 16.6 Å². The number of nitrogens with one attached hydrogen (secondary N) is 1. The van der Waals surface area contributed by atoms with Crippen LogP contribution in [0.5, 0.6) is 5.75 Å². The maximum atomic E-state index is 11.8. The lowest BCUT2D eigenvalue weighted by atomic mass is 10.1. The molecule has 0 atom stereocenters. The zero-order valence-corrected chi connectivity index (χ0v) is 11.5. The quantitative estimate of drug-likeness (QED) is 0.917. The Kier molecular flexibility index (Phi) is 4.00. The smallest absolute Gasteiger partial charge is 0.254 e. The van der Waals surface area contributed by atoms with Crippen molar-refractivity contribution in [3.8, 4) is 17.1 Å². The molecular formula is C15H18N2O2. The highest BCUT2D eigenvalue weighted by Gasteiger charge is 2.10. The van der Waals surface area contributed by atoms with Crippen LogP contribution in [0.25, 0.3) is 11.4 Å². The molecule has 1 aromatic carbocycles. The molecule has 0 amide bonds. The van der Waals surface area contributed by atoms with Crippen molar-refractivity contribution in [2.75, 3.05) is 6.61 Å². The van der Waals surface area contributed by atoms with Crippen molar-refractivity contribution in [2.45, 2.75) is 27.2 Å². The third-order valence-corrected chi connectivity index (χ3v) is 3.00. The Bertz CT molecular complexity index is 632. The second-order valence-electron chi connectivity index (χ2n) is 4.47. The normalized spacial score (nSPS) is 10.5. The van der Waals surface area contributed by atoms with E-state index in [0.717, 1.165) is 23.4 Å². The number of para-hydroxylation sites is 1. The first-order valence-corrected chi connectivity index (χ1v) is 6.43. The van der Waals surface area contributed by atoms with Crippen molar-refractivity contribution in [1.29, 1.82) is 0 Å². The molecule has 100 valence electrons. The largest absolute Gasteiger partial charge is 0.493 e. The van der Waals surface area contributed by atoms with Gasteiger partial charge in [0.2, 0.25) is 0 Å². The van der Waals surface area contributed by atoms with Crippen LogP contribution in [0.3, 0.4) is 0 Å². The molecule has 0 bridgehead atoms. The predicted octanol–water partition coefficient (Wildman–Crippen LogP) is 2.84. The first-order valence-electron chi connectivity index (χ1n) is 6.43. The van der Waals surface area contributed by atoms with Crippen LogP contribution < -0.4 is 10.3 Å². The zero-order valence-electron chi connectivity index (χ0n) is 11.5. The molecule has 0 aliphatic carbocycles. The lowest BCUT2D eigenvalue weighted by Gasteiger charge is -2.11. The van der Waals surface area contributed by atoms with E-state index in [9.17, 15) is 4.79 Å². The van der Waals surface area contributed by atoms with Crippen molar-refractivity contribution in [3.63, 3.8) is 0 Å². The van der Waals surface area contributed by atoms with Gasteiger partial charge in [-0.25, -0.2) is 4.98 Å². The summed E-state index contributed by atoms with van der Waals surface area (Å²) in [4.78, 5) is 19.1. The standard InChI is InChI=1S/C15H18N2O2/c1-4-9-19-13-8-6-5-7-12(13)14-16-11(3)10(2)15(18)17-14/h5-8H,4,9H2,1-3H3,(H,16,17,18). The fourth-order valence-corrected chi connectivity index (χ4v) is 1.77. The molecule has 0 saturated carbocycles. The van der Waals surface area contributed by atoms with Crippen molar-refractivity contribution in [2.24, 2.45) is 0 Å². The Morgan fingerprint density at radius 2 is 2.00 bits per heavy atom. The van der Waals surface area contributed by atoms with Crippen LogP contribution in [0.1, 0.15) is 24.6 Å². The minimum atomic E-state index is -0.104. The maximum Gasteiger partial charge on any atom is 0.254 e. The summed E-state index contributed by atoms with van der Waals surface area (Å²) < 4.78 is 5.69. The number of nitrogens with zero attached hydrogens (tertiary/aromatic N) is 1. The van der Waals surface area contributed by atoms with E-state index >= 15 is 0 Å². The molecule has 0 saturated heterocycles. The van der Waals surface area contributed by atoms with E-state index in [2.05, 4.69) is 16.9 Å².